The van der Waals surface area contributed by atoms with E-state index in [0.29, 0.717) is 41.8 Å². The molecule has 1 N–H and O–H groups in total. The van der Waals surface area contributed by atoms with Crippen molar-refractivity contribution in [2.24, 2.45) is 0 Å². The number of amides is 2. The number of rotatable bonds is 8. The van der Waals surface area contributed by atoms with E-state index >= 15 is 0 Å². The summed E-state index contributed by atoms with van der Waals surface area (Å²) in [6.07, 6.45) is -2.47. The van der Waals surface area contributed by atoms with Gasteiger partial charge in [-0.25, -0.2) is 4.98 Å². The Morgan fingerprint density at radius 1 is 0.929 bits per heavy atom. The highest BCUT2D eigenvalue weighted by molar-refractivity contribution is 6.06. The minimum Gasteiger partial charge on any atom is -0.344 e. The van der Waals surface area contributed by atoms with E-state index in [-0.39, 0.29) is 17.3 Å². The highest BCUT2D eigenvalue weighted by Gasteiger charge is 2.30. The molecule has 2 amide bonds. The number of carbonyl (C=O) groups is 2. The predicted octanol–water partition coefficient (Wildman–Crippen LogP) is 6.84. The molecule has 42 heavy (non-hydrogen) atoms. The van der Waals surface area contributed by atoms with Gasteiger partial charge in [0, 0.05) is 37.2 Å². The average Bonchev–Trinajstić information content (AvgIpc) is 3.32. The molecule has 5 aromatic rings. The van der Waals surface area contributed by atoms with Gasteiger partial charge in [0.15, 0.2) is 0 Å². The molecule has 0 unspecified atom stereocenters. The first-order chi connectivity index (χ1) is 20.1. The van der Waals surface area contributed by atoms with Crippen molar-refractivity contribution in [3.05, 3.63) is 114 Å². The number of hydrogen-bond acceptors (Lipinski definition) is 4. The number of halogens is 3. The molecule has 2 aromatic heterocycles. The zero-order valence-corrected chi connectivity index (χ0v) is 23.0. The Kier molecular flexibility index (Phi) is 8.06. The van der Waals surface area contributed by atoms with Crippen LogP contribution in [0, 0.1) is 6.92 Å². The first kappa shape index (κ1) is 28.5. The van der Waals surface area contributed by atoms with Crippen LogP contribution in [0.1, 0.15) is 38.5 Å². The summed E-state index contributed by atoms with van der Waals surface area (Å²) < 4.78 is 41.5. The normalized spacial score (nSPS) is 11.5. The third kappa shape index (κ3) is 6.17. The number of nitrogens with zero attached hydrogens (tertiary/aromatic N) is 4. The zero-order valence-electron chi connectivity index (χ0n) is 23.0. The maximum atomic E-state index is 13.2. The lowest BCUT2D eigenvalue weighted by molar-refractivity contribution is -0.137. The van der Waals surface area contributed by atoms with Crippen LogP contribution in [-0.2, 0) is 12.7 Å². The molecule has 0 saturated carbocycles. The number of fused-ring (bicyclic) bond motifs is 1. The third-order valence-electron chi connectivity index (χ3n) is 7.02. The molecule has 0 aliphatic heterocycles. The highest BCUT2D eigenvalue weighted by Crippen LogP contribution is 2.31. The van der Waals surface area contributed by atoms with E-state index in [4.69, 9.17) is 0 Å². The van der Waals surface area contributed by atoms with Gasteiger partial charge in [0.1, 0.15) is 5.69 Å². The summed E-state index contributed by atoms with van der Waals surface area (Å²) in [7, 11) is 1.70. The molecule has 0 spiro atoms. The van der Waals surface area contributed by atoms with E-state index in [2.05, 4.69) is 15.3 Å². The van der Waals surface area contributed by atoms with Gasteiger partial charge in [0.2, 0.25) is 0 Å². The van der Waals surface area contributed by atoms with Crippen LogP contribution in [0.2, 0.25) is 0 Å². The molecule has 0 bridgehead atoms. The Morgan fingerprint density at radius 3 is 2.38 bits per heavy atom. The molecule has 0 aliphatic carbocycles. The van der Waals surface area contributed by atoms with E-state index < -0.39 is 17.6 Å². The van der Waals surface area contributed by atoms with Crippen LogP contribution < -0.4 is 5.32 Å². The van der Waals surface area contributed by atoms with Crippen molar-refractivity contribution in [3.63, 3.8) is 0 Å². The zero-order chi connectivity index (χ0) is 29.9. The lowest BCUT2D eigenvalue weighted by Crippen LogP contribution is -2.29. The number of nitrogens with one attached hydrogen (secondary N) is 1. The molecular weight excluding hydrogens is 543 g/mol. The van der Waals surface area contributed by atoms with Crippen molar-refractivity contribution in [1.29, 1.82) is 0 Å². The second kappa shape index (κ2) is 11.9. The minimum atomic E-state index is -4.52. The van der Waals surface area contributed by atoms with Crippen molar-refractivity contribution >= 4 is 28.5 Å². The van der Waals surface area contributed by atoms with Crippen LogP contribution in [0.25, 0.3) is 22.3 Å². The van der Waals surface area contributed by atoms with Crippen LogP contribution in [-0.4, -0.2) is 44.8 Å². The van der Waals surface area contributed by atoms with Gasteiger partial charge in [-0.05, 0) is 55.3 Å². The van der Waals surface area contributed by atoms with Gasteiger partial charge in [0.05, 0.1) is 28.4 Å². The van der Waals surface area contributed by atoms with E-state index in [1.165, 1.54) is 18.3 Å². The largest absolute Gasteiger partial charge is 0.416 e. The van der Waals surface area contributed by atoms with Crippen LogP contribution in [0.5, 0.6) is 0 Å². The highest BCUT2D eigenvalue weighted by atomic mass is 19.4. The van der Waals surface area contributed by atoms with Gasteiger partial charge >= 0.3 is 6.18 Å². The molecule has 3 aromatic carbocycles. The Balaban J connectivity index is 1.34. The first-order valence-corrected chi connectivity index (χ1v) is 13.3. The predicted molar refractivity (Wildman–Crippen MR) is 155 cm³/mol. The van der Waals surface area contributed by atoms with Crippen molar-refractivity contribution in [2.45, 2.75) is 26.1 Å². The van der Waals surface area contributed by atoms with Crippen LogP contribution >= 0.6 is 0 Å². The van der Waals surface area contributed by atoms with Gasteiger partial charge in [-0.1, -0.05) is 48.5 Å². The molecule has 2 heterocycles. The monoisotopic (exact) mass is 571 g/mol. The molecule has 0 fully saturated rings. The van der Waals surface area contributed by atoms with E-state index in [1.54, 1.807) is 31.0 Å². The summed E-state index contributed by atoms with van der Waals surface area (Å²) in [6, 6.07) is 23.1. The minimum absolute atomic E-state index is 0.0557. The van der Waals surface area contributed by atoms with Crippen LogP contribution in [0.4, 0.5) is 18.9 Å². The first-order valence-electron chi connectivity index (χ1n) is 13.3. The summed E-state index contributed by atoms with van der Waals surface area (Å²) in [5.41, 5.74) is 3.50. The molecule has 0 radical (unpaired) electrons. The summed E-state index contributed by atoms with van der Waals surface area (Å²) >= 11 is 0. The fourth-order valence-corrected chi connectivity index (χ4v) is 4.81. The number of hydrogen-bond donors (Lipinski definition) is 1. The lowest BCUT2D eigenvalue weighted by Gasteiger charge is -2.18. The van der Waals surface area contributed by atoms with Crippen LogP contribution in [0.3, 0.4) is 0 Å². The maximum Gasteiger partial charge on any atom is 0.416 e. The van der Waals surface area contributed by atoms with Gasteiger partial charge in [-0.3, -0.25) is 14.6 Å². The number of benzene rings is 3. The standard InChI is InChI=1S/C32H28F3N5O2/c1-21-25(30(41)37-24-13-8-12-23(18-24)32(33,34)35)19-29(22-10-4-3-5-11-22)40(21)17-9-16-39(2)31(42)28-20-36-26-14-6-7-15-27(26)38-28/h3-8,10-15,18-20H,9,16-17H2,1-2H3,(H,37,41). The molecule has 5 rings (SSSR count). The second-order valence-corrected chi connectivity index (χ2v) is 9.90. The summed E-state index contributed by atoms with van der Waals surface area (Å²) in [5.74, 6) is -0.758. The molecule has 214 valence electrons. The fourth-order valence-electron chi connectivity index (χ4n) is 4.81. The molecule has 7 nitrogen and oxygen atoms in total. The average molecular weight is 572 g/mol. The van der Waals surface area contributed by atoms with Gasteiger partial charge in [-0.2, -0.15) is 13.2 Å². The molecule has 0 atom stereocenters. The van der Waals surface area contributed by atoms with E-state index in [0.717, 1.165) is 23.4 Å². The maximum absolute atomic E-state index is 13.2. The molecular formula is C32H28F3N5O2. The molecule has 10 heteroatoms. The lowest BCUT2D eigenvalue weighted by atomic mass is 10.1. The number of para-hydroxylation sites is 2. The second-order valence-electron chi connectivity index (χ2n) is 9.90. The number of alkyl halides is 3. The van der Waals surface area contributed by atoms with Crippen molar-refractivity contribution in [2.75, 3.05) is 18.9 Å². The number of anilines is 1. The van der Waals surface area contributed by atoms with Gasteiger partial charge in [0.25, 0.3) is 11.8 Å². The van der Waals surface area contributed by atoms with Gasteiger partial charge in [-0.15, -0.1) is 0 Å². The Labute approximate surface area is 240 Å². The Hall–Kier alpha value is -4.99. The smallest absolute Gasteiger partial charge is 0.344 e. The molecule has 0 saturated heterocycles. The van der Waals surface area contributed by atoms with Gasteiger partial charge < -0.3 is 14.8 Å². The topological polar surface area (TPSA) is 80.1 Å². The van der Waals surface area contributed by atoms with Crippen molar-refractivity contribution in [1.82, 2.24) is 19.4 Å². The van der Waals surface area contributed by atoms with Crippen LogP contribution in [0.15, 0.2) is 91.1 Å². The summed E-state index contributed by atoms with van der Waals surface area (Å²) in [4.78, 5) is 36.6. The fraction of sp³-hybridized carbons (Fsp3) is 0.188. The number of carbonyl (C=O) groups excluding carboxylic acids is 2. The third-order valence-corrected chi connectivity index (χ3v) is 7.02. The molecule has 0 aliphatic rings. The van der Waals surface area contributed by atoms with Crippen molar-refractivity contribution < 1.29 is 22.8 Å². The summed E-state index contributed by atoms with van der Waals surface area (Å²) in [6.45, 7) is 2.71. The van der Waals surface area contributed by atoms with E-state index in [9.17, 15) is 22.8 Å². The SMILES string of the molecule is Cc1c(C(=O)Nc2cccc(C(F)(F)F)c2)cc(-c2ccccc2)n1CCCN(C)C(=O)c1cnc2ccccc2n1. The summed E-state index contributed by atoms with van der Waals surface area (Å²) in [5, 5.41) is 2.61. The Bertz CT molecular complexity index is 1750. The number of aromatic nitrogens is 3. The quantitative estimate of drug-likeness (QED) is 0.221. The Morgan fingerprint density at radius 2 is 1.64 bits per heavy atom. The van der Waals surface area contributed by atoms with E-state index in [1.807, 2.05) is 53.1 Å². The van der Waals surface area contributed by atoms with Crippen molar-refractivity contribution in [3.8, 4) is 11.3 Å².